The van der Waals surface area contributed by atoms with Gasteiger partial charge in [0.1, 0.15) is 0 Å². The van der Waals surface area contributed by atoms with Crippen molar-refractivity contribution in [1.82, 2.24) is 4.72 Å². The largest absolute Gasteiger partial charge is 0.392 e. The Morgan fingerprint density at radius 2 is 1.95 bits per heavy atom. The van der Waals surface area contributed by atoms with Crippen LogP contribution in [0.4, 0.5) is 0 Å². The minimum atomic E-state index is -3.53. The average molecular weight is 329 g/mol. The summed E-state index contributed by atoms with van der Waals surface area (Å²) in [5.74, 6) is 0. The van der Waals surface area contributed by atoms with E-state index in [1.165, 1.54) is 6.42 Å². The molecule has 1 aliphatic carbocycles. The maximum absolute atomic E-state index is 12.5. The number of rotatable bonds is 6. The van der Waals surface area contributed by atoms with E-state index in [1.54, 1.807) is 24.8 Å². The number of sulfonamides is 1. The summed E-state index contributed by atoms with van der Waals surface area (Å²) < 4.78 is 27.9. The number of thioether (sulfide) groups is 1. The van der Waals surface area contributed by atoms with E-state index in [0.717, 1.165) is 18.4 Å². The fraction of sp³-hybridized carbons (Fsp3) is 0.600. The molecule has 0 unspecified atom stereocenters. The van der Waals surface area contributed by atoms with Gasteiger partial charge >= 0.3 is 0 Å². The van der Waals surface area contributed by atoms with Gasteiger partial charge in [0.25, 0.3) is 0 Å². The summed E-state index contributed by atoms with van der Waals surface area (Å²) in [5, 5.41) is 9.33. The molecule has 0 saturated heterocycles. The van der Waals surface area contributed by atoms with Gasteiger partial charge in [-0.25, -0.2) is 13.1 Å². The number of hydrogen-bond donors (Lipinski definition) is 2. The zero-order valence-electron chi connectivity index (χ0n) is 12.8. The Kier molecular flexibility index (Phi) is 5.03. The quantitative estimate of drug-likeness (QED) is 0.841. The highest BCUT2D eigenvalue weighted by Gasteiger charge is 2.37. The van der Waals surface area contributed by atoms with Crippen LogP contribution in [0.3, 0.4) is 0 Å². The first-order chi connectivity index (χ1) is 9.83. The molecule has 0 radical (unpaired) electrons. The third-order valence-electron chi connectivity index (χ3n) is 4.38. The van der Waals surface area contributed by atoms with E-state index in [9.17, 15) is 13.5 Å². The molecule has 1 fully saturated rings. The molecule has 1 aliphatic rings. The molecule has 0 atom stereocenters. The zero-order chi connectivity index (χ0) is 15.7. The summed E-state index contributed by atoms with van der Waals surface area (Å²) in [6, 6.07) is 3.40. The Balaban J connectivity index is 2.23. The lowest BCUT2D eigenvalue weighted by molar-refractivity contribution is 0.280. The number of hydrogen-bond acceptors (Lipinski definition) is 4. The molecule has 4 nitrogen and oxygen atoms in total. The minimum Gasteiger partial charge on any atom is -0.392 e. The van der Waals surface area contributed by atoms with Crippen molar-refractivity contribution in [3.05, 3.63) is 28.8 Å². The fourth-order valence-corrected chi connectivity index (χ4v) is 5.07. The van der Waals surface area contributed by atoms with E-state index in [-0.39, 0.29) is 16.2 Å². The van der Waals surface area contributed by atoms with E-state index >= 15 is 0 Å². The SMILES string of the molecule is CSC1(CNS(=O)(=O)c2cc(CO)c(C)cc2C)CCC1. The number of aliphatic hydroxyl groups is 1. The van der Waals surface area contributed by atoms with Crippen LogP contribution in [0.15, 0.2) is 17.0 Å². The topological polar surface area (TPSA) is 66.4 Å². The predicted octanol–water partition coefficient (Wildman–Crippen LogP) is 2.36. The second kappa shape index (κ2) is 6.28. The van der Waals surface area contributed by atoms with Gasteiger partial charge in [-0.3, -0.25) is 0 Å². The number of aliphatic hydroxyl groups excluding tert-OH is 1. The van der Waals surface area contributed by atoms with E-state index in [0.29, 0.717) is 17.7 Å². The maximum Gasteiger partial charge on any atom is 0.240 e. The summed E-state index contributed by atoms with van der Waals surface area (Å²) in [5.41, 5.74) is 2.28. The van der Waals surface area contributed by atoms with Crippen LogP contribution in [0.25, 0.3) is 0 Å². The van der Waals surface area contributed by atoms with Crippen LogP contribution < -0.4 is 4.72 Å². The molecular weight excluding hydrogens is 306 g/mol. The molecule has 2 rings (SSSR count). The second-order valence-corrected chi connectivity index (χ2v) is 8.78. The van der Waals surface area contributed by atoms with Gasteiger partial charge in [-0.15, -0.1) is 0 Å². The van der Waals surface area contributed by atoms with E-state index in [1.807, 2.05) is 19.2 Å². The lowest BCUT2D eigenvalue weighted by Gasteiger charge is -2.40. The van der Waals surface area contributed by atoms with Crippen LogP contribution in [-0.2, 0) is 16.6 Å². The Morgan fingerprint density at radius 1 is 1.29 bits per heavy atom. The van der Waals surface area contributed by atoms with Crippen molar-refractivity contribution in [2.45, 2.75) is 49.4 Å². The van der Waals surface area contributed by atoms with Crippen LogP contribution in [0.1, 0.15) is 36.0 Å². The summed E-state index contributed by atoms with van der Waals surface area (Å²) in [6.07, 6.45) is 5.33. The second-order valence-electron chi connectivity index (χ2n) is 5.77. The van der Waals surface area contributed by atoms with Gasteiger partial charge in [0.2, 0.25) is 10.0 Å². The standard InChI is InChI=1S/C15H23NO3S2/c1-11-7-12(2)14(8-13(11)9-17)21(18,19)16-10-15(20-3)5-4-6-15/h7-8,16-17H,4-6,9-10H2,1-3H3. The van der Waals surface area contributed by atoms with Crippen molar-refractivity contribution in [3.63, 3.8) is 0 Å². The van der Waals surface area contributed by atoms with Crippen LogP contribution in [0.2, 0.25) is 0 Å². The van der Waals surface area contributed by atoms with Crippen molar-refractivity contribution in [2.75, 3.05) is 12.8 Å². The molecule has 0 spiro atoms. The summed E-state index contributed by atoms with van der Waals surface area (Å²) in [7, 11) is -3.53. The fourth-order valence-electron chi connectivity index (χ4n) is 2.66. The molecule has 0 aromatic heterocycles. The van der Waals surface area contributed by atoms with Gasteiger partial charge in [0.15, 0.2) is 0 Å². The van der Waals surface area contributed by atoms with Crippen molar-refractivity contribution < 1.29 is 13.5 Å². The lowest BCUT2D eigenvalue weighted by Crippen LogP contribution is -2.45. The van der Waals surface area contributed by atoms with Crippen molar-refractivity contribution in [2.24, 2.45) is 0 Å². The van der Waals surface area contributed by atoms with Gasteiger partial charge in [-0.2, -0.15) is 11.8 Å². The third kappa shape index (κ3) is 3.44. The van der Waals surface area contributed by atoms with Crippen molar-refractivity contribution in [3.8, 4) is 0 Å². The zero-order valence-corrected chi connectivity index (χ0v) is 14.4. The van der Waals surface area contributed by atoms with Gasteiger partial charge in [-0.05, 0) is 55.7 Å². The molecule has 1 aromatic carbocycles. The van der Waals surface area contributed by atoms with Gasteiger partial charge in [-0.1, -0.05) is 12.5 Å². The molecule has 0 aliphatic heterocycles. The minimum absolute atomic E-state index is 0.0610. The molecule has 0 bridgehead atoms. The molecule has 2 N–H and O–H groups in total. The normalized spacial score (nSPS) is 17.5. The number of benzene rings is 1. The Hall–Kier alpha value is -0.560. The molecule has 21 heavy (non-hydrogen) atoms. The average Bonchev–Trinajstić information content (AvgIpc) is 2.37. The monoisotopic (exact) mass is 329 g/mol. The van der Waals surface area contributed by atoms with Crippen LogP contribution in [0.5, 0.6) is 0 Å². The molecule has 0 amide bonds. The summed E-state index contributed by atoms with van der Waals surface area (Å²) >= 11 is 1.74. The van der Waals surface area contributed by atoms with E-state index in [2.05, 4.69) is 4.72 Å². The van der Waals surface area contributed by atoms with E-state index < -0.39 is 10.0 Å². The van der Waals surface area contributed by atoms with Crippen LogP contribution in [-0.4, -0.2) is 31.1 Å². The van der Waals surface area contributed by atoms with Crippen LogP contribution in [0, 0.1) is 13.8 Å². The van der Waals surface area contributed by atoms with Gasteiger partial charge < -0.3 is 5.11 Å². The highest BCUT2D eigenvalue weighted by molar-refractivity contribution is 8.00. The molecular formula is C15H23NO3S2. The number of aryl methyl sites for hydroxylation is 2. The van der Waals surface area contributed by atoms with Crippen molar-refractivity contribution in [1.29, 1.82) is 0 Å². The summed E-state index contributed by atoms with van der Waals surface area (Å²) in [4.78, 5) is 0.271. The third-order valence-corrected chi connectivity index (χ3v) is 7.34. The molecule has 118 valence electrons. The van der Waals surface area contributed by atoms with Crippen molar-refractivity contribution >= 4 is 21.8 Å². The maximum atomic E-state index is 12.5. The van der Waals surface area contributed by atoms with Crippen LogP contribution >= 0.6 is 11.8 Å². The van der Waals surface area contributed by atoms with E-state index in [4.69, 9.17) is 0 Å². The Morgan fingerprint density at radius 3 is 2.43 bits per heavy atom. The Labute approximate surface area is 131 Å². The highest BCUT2D eigenvalue weighted by atomic mass is 32.2. The molecule has 0 heterocycles. The molecule has 1 saturated carbocycles. The first-order valence-corrected chi connectivity index (χ1v) is 9.80. The lowest BCUT2D eigenvalue weighted by atomic mass is 9.84. The number of nitrogens with one attached hydrogen (secondary N) is 1. The predicted molar refractivity (Wildman–Crippen MR) is 87.1 cm³/mol. The van der Waals surface area contributed by atoms with Gasteiger partial charge in [0.05, 0.1) is 11.5 Å². The molecule has 6 heteroatoms. The Bertz CT molecular complexity index is 617. The highest BCUT2D eigenvalue weighted by Crippen LogP contribution is 2.42. The smallest absolute Gasteiger partial charge is 0.240 e. The first kappa shape index (κ1) is 16.8. The van der Waals surface area contributed by atoms with Gasteiger partial charge in [0, 0.05) is 11.3 Å². The molecule has 1 aromatic rings. The first-order valence-electron chi connectivity index (χ1n) is 7.09. The summed E-state index contributed by atoms with van der Waals surface area (Å²) in [6.45, 7) is 3.98.